The Hall–Kier alpha value is -1.87. The van der Waals surface area contributed by atoms with Crippen LogP contribution in [0.25, 0.3) is 0 Å². The summed E-state index contributed by atoms with van der Waals surface area (Å²) in [6, 6.07) is 11.4. The van der Waals surface area contributed by atoms with Gasteiger partial charge in [-0.2, -0.15) is 0 Å². The molecule has 3 heteroatoms. The monoisotopic (exact) mass is 285 g/mol. The summed E-state index contributed by atoms with van der Waals surface area (Å²) in [6.07, 6.45) is 2.69. The second-order valence-corrected chi connectivity index (χ2v) is 5.69. The van der Waals surface area contributed by atoms with Gasteiger partial charge in [-0.1, -0.05) is 24.3 Å². The van der Waals surface area contributed by atoms with Gasteiger partial charge in [0, 0.05) is 12.5 Å². The summed E-state index contributed by atoms with van der Waals surface area (Å²) >= 11 is 0. The zero-order valence-electron chi connectivity index (χ0n) is 12.2. The van der Waals surface area contributed by atoms with Gasteiger partial charge in [-0.25, -0.2) is 4.39 Å². The third kappa shape index (κ3) is 3.08. The first-order valence-corrected chi connectivity index (χ1v) is 7.40. The van der Waals surface area contributed by atoms with Gasteiger partial charge in [0.2, 0.25) is 0 Å². The Morgan fingerprint density at radius 3 is 2.90 bits per heavy atom. The molecule has 3 rings (SSSR count). The van der Waals surface area contributed by atoms with Gasteiger partial charge < -0.3 is 10.5 Å². The topological polar surface area (TPSA) is 35.2 Å². The first-order chi connectivity index (χ1) is 10.1. The van der Waals surface area contributed by atoms with Crippen molar-refractivity contribution in [3.63, 3.8) is 0 Å². The predicted octanol–water partition coefficient (Wildman–Crippen LogP) is 3.70. The van der Waals surface area contributed by atoms with E-state index >= 15 is 0 Å². The summed E-state index contributed by atoms with van der Waals surface area (Å²) in [7, 11) is 0. The van der Waals surface area contributed by atoms with Crippen molar-refractivity contribution in [3.8, 4) is 5.75 Å². The Labute approximate surface area is 124 Å². The first-order valence-electron chi connectivity index (χ1n) is 7.40. The number of nitrogens with two attached hydrogens (primary N) is 1. The molecule has 2 nitrogen and oxygen atoms in total. The van der Waals surface area contributed by atoms with Gasteiger partial charge in [0.25, 0.3) is 0 Å². The quantitative estimate of drug-likeness (QED) is 0.929. The molecule has 1 unspecified atom stereocenters. The maximum absolute atomic E-state index is 13.6. The fourth-order valence-electron chi connectivity index (χ4n) is 2.72. The van der Waals surface area contributed by atoms with Crippen LogP contribution in [-0.2, 0) is 12.8 Å². The molecule has 0 fully saturated rings. The van der Waals surface area contributed by atoms with Crippen LogP contribution in [0.15, 0.2) is 36.4 Å². The van der Waals surface area contributed by atoms with Crippen LogP contribution in [-0.4, -0.2) is 6.61 Å². The lowest BCUT2D eigenvalue weighted by Gasteiger charge is -2.13. The smallest absolute Gasteiger partial charge is 0.126 e. The lowest BCUT2D eigenvalue weighted by atomic mass is 9.97. The summed E-state index contributed by atoms with van der Waals surface area (Å²) in [6.45, 7) is 2.54. The van der Waals surface area contributed by atoms with Crippen LogP contribution in [0.1, 0.15) is 34.7 Å². The average molecular weight is 285 g/mol. The molecule has 1 atom stereocenters. The van der Waals surface area contributed by atoms with Gasteiger partial charge >= 0.3 is 0 Å². The van der Waals surface area contributed by atoms with Crippen molar-refractivity contribution >= 4 is 0 Å². The molecule has 110 valence electrons. The molecule has 21 heavy (non-hydrogen) atoms. The largest absolute Gasteiger partial charge is 0.493 e. The Morgan fingerprint density at radius 1 is 1.24 bits per heavy atom. The van der Waals surface area contributed by atoms with E-state index in [0.717, 1.165) is 37.2 Å². The molecule has 0 saturated carbocycles. The molecule has 1 heterocycles. The minimum Gasteiger partial charge on any atom is -0.493 e. The predicted molar refractivity (Wildman–Crippen MR) is 82.0 cm³/mol. The number of rotatable bonds is 4. The van der Waals surface area contributed by atoms with Crippen molar-refractivity contribution < 1.29 is 9.13 Å². The molecule has 2 N–H and O–H groups in total. The second kappa shape index (κ2) is 5.86. The first kappa shape index (κ1) is 14.1. The van der Waals surface area contributed by atoms with Gasteiger partial charge in [0.1, 0.15) is 11.6 Å². The van der Waals surface area contributed by atoms with Crippen LogP contribution >= 0.6 is 0 Å². The molecular weight excluding hydrogens is 265 g/mol. The zero-order chi connectivity index (χ0) is 14.8. The number of benzene rings is 2. The fraction of sp³-hybridized carbons (Fsp3) is 0.333. The van der Waals surface area contributed by atoms with Gasteiger partial charge in [0.05, 0.1) is 6.61 Å². The van der Waals surface area contributed by atoms with Crippen molar-refractivity contribution in [2.75, 3.05) is 6.61 Å². The van der Waals surface area contributed by atoms with Gasteiger partial charge in [-0.15, -0.1) is 0 Å². The highest BCUT2D eigenvalue weighted by atomic mass is 19.1. The highest BCUT2D eigenvalue weighted by molar-refractivity contribution is 5.40. The molecule has 0 aromatic heterocycles. The van der Waals surface area contributed by atoms with Gasteiger partial charge in [0.15, 0.2) is 0 Å². The van der Waals surface area contributed by atoms with E-state index in [1.165, 1.54) is 11.1 Å². The number of ether oxygens (including phenoxy) is 1. The van der Waals surface area contributed by atoms with E-state index in [4.69, 9.17) is 10.5 Å². The molecule has 0 radical (unpaired) electrons. The number of hydrogen-bond donors (Lipinski definition) is 1. The molecule has 2 aromatic rings. The van der Waals surface area contributed by atoms with E-state index in [-0.39, 0.29) is 11.9 Å². The van der Waals surface area contributed by atoms with E-state index in [2.05, 4.69) is 12.1 Å². The summed E-state index contributed by atoms with van der Waals surface area (Å²) in [5.74, 6) is 0.821. The summed E-state index contributed by atoms with van der Waals surface area (Å²) in [5, 5.41) is 0. The highest BCUT2D eigenvalue weighted by Gasteiger charge is 2.13. The maximum Gasteiger partial charge on any atom is 0.126 e. The molecule has 1 aliphatic rings. The Morgan fingerprint density at radius 2 is 2.10 bits per heavy atom. The third-order valence-corrected chi connectivity index (χ3v) is 4.12. The summed E-state index contributed by atoms with van der Waals surface area (Å²) in [4.78, 5) is 0. The SMILES string of the molecule is Cc1ccc(C(N)CCc2ccc3c(c2)CCO3)cc1F. The number of halogens is 1. The fourth-order valence-corrected chi connectivity index (χ4v) is 2.72. The van der Waals surface area contributed by atoms with Crippen LogP contribution in [0.5, 0.6) is 5.75 Å². The lowest BCUT2D eigenvalue weighted by molar-refractivity contribution is 0.357. The highest BCUT2D eigenvalue weighted by Crippen LogP contribution is 2.27. The Bertz CT molecular complexity index is 654. The number of fused-ring (bicyclic) bond motifs is 1. The second-order valence-electron chi connectivity index (χ2n) is 5.69. The van der Waals surface area contributed by atoms with E-state index in [1.54, 1.807) is 19.1 Å². The molecule has 0 amide bonds. The number of aryl methyl sites for hydroxylation is 2. The Kier molecular flexibility index (Phi) is 3.93. The van der Waals surface area contributed by atoms with Crippen LogP contribution in [0.3, 0.4) is 0 Å². The van der Waals surface area contributed by atoms with Crippen LogP contribution in [0, 0.1) is 12.7 Å². The normalized spacial score (nSPS) is 14.6. The molecule has 0 bridgehead atoms. The average Bonchev–Trinajstić information content (AvgIpc) is 2.95. The molecular formula is C18H20FNO. The van der Waals surface area contributed by atoms with Crippen LogP contribution < -0.4 is 10.5 Å². The van der Waals surface area contributed by atoms with E-state index < -0.39 is 0 Å². The van der Waals surface area contributed by atoms with E-state index in [9.17, 15) is 4.39 Å². The summed E-state index contributed by atoms with van der Waals surface area (Å²) < 4.78 is 19.1. The van der Waals surface area contributed by atoms with Crippen LogP contribution in [0.2, 0.25) is 0 Å². The van der Waals surface area contributed by atoms with Crippen molar-refractivity contribution in [2.45, 2.75) is 32.2 Å². The Balaban J connectivity index is 1.65. The minimum absolute atomic E-state index is 0.135. The van der Waals surface area contributed by atoms with Crippen LogP contribution in [0.4, 0.5) is 4.39 Å². The number of hydrogen-bond acceptors (Lipinski definition) is 2. The van der Waals surface area contributed by atoms with Crippen molar-refractivity contribution in [2.24, 2.45) is 5.73 Å². The zero-order valence-corrected chi connectivity index (χ0v) is 12.2. The molecule has 2 aromatic carbocycles. The van der Waals surface area contributed by atoms with Crippen molar-refractivity contribution in [3.05, 3.63) is 64.5 Å². The minimum atomic E-state index is -0.183. The van der Waals surface area contributed by atoms with Crippen molar-refractivity contribution in [1.82, 2.24) is 0 Å². The standard InChI is InChI=1S/C18H20FNO/c1-12-2-5-14(11-16(12)19)17(20)6-3-13-4-7-18-15(10-13)8-9-21-18/h2,4-5,7,10-11,17H,3,6,8-9,20H2,1H3. The van der Waals surface area contributed by atoms with Gasteiger partial charge in [-0.3, -0.25) is 0 Å². The maximum atomic E-state index is 13.6. The van der Waals surface area contributed by atoms with E-state index in [1.807, 2.05) is 12.1 Å². The van der Waals surface area contributed by atoms with Gasteiger partial charge in [-0.05, 0) is 54.2 Å². The van der Waals surface area contributed by atoms with E-state index in [0.29, 0.717) is 5.56 Å². The molecule has 0 spiro atoms. The lowest BCUT2D eigenvalue weighted by Crippen LogP contribution is -2.11. The molecule has 0 saturated heterocycles. The molecule has 1 aliphatic heterocycles. The molecule has 0 aliphatic carbocycles. The summed E-state index contributed by atoms with van der Waals surface area (Å²) in [5.41, 5.74) is 10.2. The third-order valence-electron chi connectivity index (χ3n) is 4.12. The van der Waals surface area contributed by atoms with Crippen molar-refractivity contribution in [1.29, 1.82) is 0 Å².